The first-order valence-corrected chi connectivity index (χ1v) is 6.67. The van der Waals surface area contributed by atoms with E-state index >= 15 is 0 Å². The molecule has 18 heavy (non-hydrogen) atoms. The van der Waals surface area contributed by atoms with Crippen molar-refractivity contribution >= 4 is 17.5 Å². The third kappa shape index (κ3) is 2.58. The molecular weight excluding hydrogens is 252 g/mol. The molecule has 5 heteroatoms. The zero-order chi connectivity index (χ0) is 13.0. The van der Waals surface area contributed by atoms with Crippen molar-refractivity contribution in [2.75, 3.05) is 19.5 Å². The van der Waals surface area contributed by atoms with Crippen molar-refractivity contribution < 1.29 is 9.53 Å². The van der Waals surface area contributed by atoms with E-state index in [0.717, 1.165) is 12.8 Å². The van der Waals surface area contributed by atoms with Crippen LogP contribution in [0.3, 0.4) is 0 Å². The van der Waals surface area contributed by atoms with E-state index in [-0.39, 0.29) is 5.91 Å². The van der Waals surface area contributed by atoms with Crippen LogP contribution in [0.25, 0.3) is 0 Å². The predicted molar refractivity (Wildman–Crippen MR) is 70.2 cm³/mol. The van der Waals surface area contributed by atoms with Gasteiger partial charge in [-0.1, -0.05) is 0 Å². The van der Waals surface area contributed by atoms with Gasteiger partial charge in [-0.2, -0.15) is 0 Å². The molecule has 1 saturated carbocycles. The molecule has 98 valence electrons. The molecule has 1 aromatic rings. The minimum absolute atomic E-state index is 0.0368. The molecule has 0 atom stereocenters. The highest BCUT2D eigenvalue weighted by molar-refractivity contribution is 6.18. The average molecular weight is 269 g/mol. The summed E-state index contributed by atoms with van der Waals surface area (Å²) in [5.41, 5.74) is 0.511. The maximum atomic E-state index is 12.5. The number of halogens is 1. The quantitative estimate of drug-likeness (QED) is 0.770. The maximum Gasteiger partial charge on any atom is 0.259 e. The van der Waals surface area contributed by atoms with Crippen molar-refractivity contribution in [3.8, 4) is 5.88 Å². The molecule has 0 spiro atoms. The van der Waals surface area contributed by atoms with Crippen LogP contribution in [0.4, 0.5) is 0 Å². The summed E-state index contributed by atoms with van der Waals surface area (Å²) in [6.07, 6.45) is 4.92. The van der Waals surface area contributed by atoms with E-state index in [4.69, 9.17) is 16.3 Å². The molecular formula is C13H17ClN2O2. The highest BCUT2D eigenvalue weighted by Crippen LogP contribution is 2.27. The fraction of sp³-hybridized carbons (Fsp3) is 0.538. The first kappa shape index (κ1) is 13.1. The number of rotatable bonds is 5. The summed E-state index contributed by atoms with van der Waals surface area (Å²) in [7, 11) is 1.52. The van der Waals surface area contributed by atoms with Crippen LogP contribution in [0.15, 0.2) is 18.3 Å². The number of pyridine rings is 1. The van der Waals surface area contributed by atoms with E-state index in [1.807, 2.05) is 4.90 Å². The van der Waals surface area contributed by atoms with Gasteiger partial charge in [-0.15, -0.1) is 11.6 Å². The second-order valence-electron chi connectivity index (χ2n) is 4.33. The largest absolute Gasteiger partial charge is 0.480 e. The molecule has 1 heterocycles. The van der Waals surface area contributed by atoms with Crippen LogP contribution < -0.4 is 4.74 Å². The van der Waals surface area contributed by atoms with Crippen LogP contribution in [-0.2, 0) is 0 Å². The van der Waals surface area contributed by atoms with Gasteiger partial charge in [0.25, 0.3) is 5.91 Å². The second kappa shape index (κ2) is 6.05. The number of hydrogen-bond donors (Lipinski definition) is 0. The third-order valence-corrected chi connectivity index (χ3v) is 3.47. The van der Waals surface area contributed by atoms with Crippen LogP contribution in [0.2, 0.25) is 0 Å². The number of nitrogens with zero attached hydrogens (tertiary/aromatic N) is 2. The van der Waals surface area contributed by atoms with Gasteiger partial charge in [0.2, 0.25) is 5.88 Å². The Morgan fingerprint density at radius 1 is 1.61 bits per heavy atom. The number of ether oxygens (including phenoxy) is 1. The number of amides is 1. The first-order chi connectivity index (χ1) is 8.77. The van der Waals surface area contributed by atoms with Gasteiger partial charge in [-0.25, -0.2) is 4.98 Å². The van der Waals surface area contributed by atoms with Crippen LogP contribution in [-0.4, -0.2) is 41.4 Å². The van der Waals surface area contributed by atoms with Crippen LogP contribution in [0, 0.1) is 0 Å². The Hall–Kier alpha value is -1.29. The third-order valence-electron chi connectivity index (χ3n) is 3.30. The maximum absolute atomic E-state index is 12.5. The number of methoxy groups -OCH3 is 1. The van der Waals surface area contributed by atoms with Gasteiger partial charge < -0.3 is 9.64 Å². The van der Waals surface area contributed by atoms with Gasteiger partial charge in [-0.05, 0) is 31.4 Å². The highest BCUT2D eigenvalue weighted by Gasteiger charge is 2.30. The van der Waals surface area contributed by atoms with Crippen molar-refractivity contribution in [2.24, 2.45) is 0 Å². The van der Waals surface area contributed by atoms with Gasteiger partial charge in [0.05, 0.1) is 7.11 Å². The van der Waals surface area contributed by atoms with Gasteiger partial charge >= 0.3 is 0 Å². The van der Waals surface area contributed by atoms with Gasteiger partial charge in [0.1, 0.15) is 5.56 Å². The van der Waals surface area contributed by atoms with E-state index in [0.29, 0.717) is 29.9 Å². The standard InChI is InChI=1S/C13H17ClN2O2/c1-18-12-11(6-3-8-15-12)13(17)16(9-7-14)10-4-2-5-10/h3,6,8,10H,2,4-5,7,9H2,1H3. The summed E-state index contributed by atoms with van der Waals surface area (Å²) in [4.78, 5) is 18.4. The van der Waals surface area contributed by atoms with Crippen LogP contribution in [0.5, 0.6) is 5.88 Å². The lowest BCUT2D eigenvalue weighted by molar-refractivity contribution is 0.0594. The lowest BCUT2D eigenvalue weighted by Gasteiger charge is -2.37. The fourth-order valence-corrected chi connectivity index (χ4v) is 2.29. The van der Waals surface area contributed by atoms with Crippen molar-refractivity contribution in [3.63, 3.8) is 0 Å². The number of carbonyl (C=O) groups excluding carboxylic acids is 1. The van der Waals surface area contributed by atoms with E-state index in [9.17, 15) is 4.79 Å². The van der Waals surface area contributed by atoms with Crippen LogP contribution in [0.1, 0.15) is 29.6 Å². The lowest BCUT2D eigenvalue weighted by Crippen LogP contribution is -2.45. The number of alkyl halides is 1. The summed E-state index contributed by atoms with van der Waals surface area (Å²) in [5, 5.41) is 0. The van der Waals surface area contributed by atoms with Gasteiger partial charge in [0, 0.05) is 24.7 Å². The SMILES string of the molecule is COc1ncccc1C(=O)N(CCCl)C1CCC1. The van der Waals surface area contributed by atoms with E-state index in [1.165, 1.54) is 13.5 Å². The van der Waals surface area contributed by atoms with Crippen LogP contribution >= 0.6 is 11.6 Å². The minimum atomic E-state index is -0.0368. The number of carbonyl (C=O) groups is 1. The summed E-state index contributed by atoms with van der Waals surface area (Å²) in [5.74, 6) is 0.789. The van der Waals surface area contributed by atoms with Crippen molar-refractivity contribution in [3.05, 3.63) is 23.9 Å². The summed E-state index contributed by atoms with van der Waals surface area (Å²) in [6.45, 7) is 0.573. The smallest absolute Gasteiger partial charge is 0.259 e. The fourth-order valence-electron chi connectivity index (χ4n) is 2.11. The monoisotopic (exact) mass is 268 g/mol. The summed E-state index contributed by atoms with van der Waals surface area (Å²) in [6, 6.07) is 3.81. The molecule has 1 fully saturated rings. The molecule has 0 saturated heterocycles. The zero-order valence-corrected chi connectivity index (χ0v) is 11.2. The number of hydrogen-bond acceptors (Lipinski definition) is 3. The molecule has 2 rings (SSSR count). The predicted octanol–water partition coefficient (Wildman–Crippen LogP) is 2.32. The molecule has 0 unspecified atom stereocenters. The molecule has 0 N–H and O–H groups in total. The molecule has 1 aliphatic rings. The molecule has 1 amide bonds. The summed E-state index contributed by atoms with van der Waals surface area (Å²) >= 11 is 5.79. The Morgan fingerprint density at radius 3 is 2.94 bits per heavy atom. The molecule has 0 aliphatic heterocycles. The average Bonchev–Trinajstić information content (AvgIpc) is 2.35. The Morgan fingerprint density at radius 2 is 2.39 bits per heavy atom. The van der Waals surface area contributed by atoms with Crippen molar-refractivity contribution in [1.82, 2.24) is 9.88 Å². The zero-order valence-electron chi connectivity index (χ0n) is 10.4. The number of aromatic nitrogens is 1. The molecule has 4 nitrogen and oxygen atoms in total. The molecule has 0 aromatic carbocycles. The molecule has 0 bridgehead atoms. The first-order valence-electron chi connectivity index (χ1n) is 6.14. The lowest BCUT2D eigenvalue weighted by atomic mass is 9.91. The Kier molecular flexibility index (Phi) is 4.42. The van der Waals surface area contributed by atoms with Gasteiger partial charge in [0.15, 0.2) is 0 Å². The Balaban J connectivity index is 2.21. The normalized spacial score (nSPS) is 15.0. The van der Waals surface area contributed by atoms with Crippen molar-refractivity contribution in [2.45, 2.75) is 25.3 Å². The van der Waals surface area contributed by atoms with E-state index < -0.39 is 0 Å². The molecule has 0 radical (unpaired) electrons. The van der Waals surface area contributed by atoms with E-state index in [1.54, 1.807) is 18.3 Å². The van der Waals surface area contributed by atoms with E-state index in [2.05, 4.69) is 4.98 Å². The highest BCUT2D eigenvalue weighted by atomic mass is 35.5. The minimum Gasteiger partial charge on any atom is -0.480 e. The van der Waals surface area contributed by atoms with Gasteiger partial charge in [-0.3, -0.25) is 4.79 Å². The Bertz CT molecular complexity index is 421. The molecule has 1 aliphatic carbocycles. The Labute approximate surface area is 112 Å². The topological polar surface area (TPSA) is 42.4 Å². The summed E-state index contributed by atoms with van der Waals surface area (Å²) < 4.78 is 5.13. The van der Waals surface area contributed by atoms with Crippen molar-refractivity contribution in [1.29, 1.82) is 0 Å². The second-order valence-corrected chi connectivity index (χ2v) is 4.71. The molecule has 1 aromatic heterocycles.